The molecule has 2 amide bonds. The Hall–Kier alpha value is -1.14. The Kier molecular flexibility index (Phi) is 5.79. The summed E-state index contributed by atoms with van der Waals surface area (Å²) in [4.78, 5) is 28.2. The average molecular weight is 283 g/mol. The molecule has 2 rings (SSSR count). The zero-order chi connectivity index (χ0) is 14.4. The fourth-order valence-electron chi connectivity index (χ4n) is 2.86. The van der Waals surface area contributed by atoms with Crippen LogP contribution in [0.1, 0.15) is 25.7 Å². The van der Waals surface area contributed by atoms with Crippen molar-refractivity contribution in [3.63, 3.8) is 0 Å². The highest BCUT2D eigenvalue weighted by molar-refractivity contribution is 5.81. The van der Waals surface area contributed by atoms with Gasteiger partial charge in [-0.05, 0) is 25.8 Å². The molecule has 0 aliphatic carbocycles. The lowest BCUT2D eigenvalue weighted by Crippen LogP contribution is -2.49. The summed E-state index contributed by atoms with van der Waals surface area (Å²) < 4.78 is 5.27. The lowest BCUT2D eigenvalue weighted by Gasteiger charge is -2.36. The molecule has 114 valence electrons. The van der Waals surface area contributed by atoms with Gasteiger partial charge < -0.3 is 20.3 Å². The van der Waals surface area contributed by atoms with Crippen LogP contribution in [0.15, 0.2) is 0 Å². The summed E-state index contributed by atoms with van der Waals surface area (Å²) in [5, 5.41) is 0. The van der Waals surface area contributed by atoms with E-state index in [4.69, 9.17) is 10.5 Å². The van der Waals surface area contributed by atoms with E-state index in [0.717, 1.165) is 25.8 Å². The van der Waals surface area contributed by atoms with Crippen molar-refractivity contribution in [2.75, 3.05) is 45.9 Å². The van der Waals surface area contributed by atoms with Gasteiger partial charge in [-0.3, -0.25) is 9.59 Å². The number of carbonyl (C=O) groups is 2. The third kappa shape index (κ3) is 3.93. The first kappa shape index (κ1) is 15.3. The molecule has 2 saturated heterocycles. The number of nitrogens with zero attached hydrogens (tertiary/aromatic N) is 2. The van der Waals surface area contributed by atoms with Crippen molar-refractivity contribution >= 4 is 11.8 Å². The maximum Gasteiger partial charge on any atom is 0.227 e. The Bertz CT molecular complexity index is 343. The largest absolute Gasteiger partial charge is 0.378 e. The predicted octanol–water partition coefficient (Wildman–Crippen LogP) is -0.177. The second kappa shape index (κ2) is 7.59. The van der Waals surface area contributed by atoms with E-state index < -0.39 is 0 Å². The highest BCUT2D eigenvalue weighted by Gasteiger charge is 2.31. The number of amides is 2. The molecule has 2 aliphatic heterocycles. The van der Waals surface area contributed by atoms with Crippen molar-refractivity contribution < 1.29 is 14.3 Å². The first-order valence-electron chi connectivity index (χ1n) is 7.56. The van der Waals surface area contributed by atoms with Crippen LogP contribution in [0.3, 0.4) is 0 Å². The van der Waals surface area contributed by atoms with E-state index in [0.29, 0.717) is 45.8 Å². The molecule has 0 aromatic heterocycles. The van der Waals surface area contributed by atoms with Crippen LogP contribution in [0.25, 0.3) is 0 Å². The number of piperidine rings is 1. The maximum absolute atomic E-state index is 12.4. The topological polar surface area (TPSA) is 75.9 Å². The third-order valence-corrected chi connectivity index (χ3v) is 4.04. The van der Waals surface area contributed by atoms with Gasteiger partial charge in [-0.15, -0.1) is 0 Å². The molecule has 0 aromatic rings. The number of ether oxygens (including phenoxy) is 1. The lowest BCUT2D eigenvalue weighted by atomic mass is 9.96. The summed E-state index contributed by atoms with van der Waals surface area (Å²) >= 11 is 0. The molecule has 0 aromatic carbocycles. The number of hydrogen-bond acceptors (Lipinski definition) is 4. The lowest BCUT2D eigenvalue weighted by molar-refractivity contribution is -0.144. The van der Waals surface area contributed by atoms with Gasteiger partial charge in [-0.25, -0.2) is 0 Å². The molecule has 2 N–H and O–H groups in total. The fourth-order valence-corrected chi connectivity index (χ4v) is 2.86. The zero-order valence-corrected chi connectivity index (χ0v) is 12.1. The molecule has 0 radical (unpaired) electrons. The van der Waals surface area contributed by atoms with Crippen molar-refractivity contribution in [2.24, 2.45) is 11.7 Å². The van der Waals surface area contributed by atoms with Gasteiger partial charge in [0.05, 0.1) is 19.1 Å². The SMILES string of the molecule is NCCCC(=O)N1CCCC(C(=O)N2CCOCC2)C1. The van der Waals surface area contributed by atoms with E-state index >= 15 is 0 Å². The minimum Gasteiger partial charge on any atom is -0.378 e. The van der Waals surface area contributed by atoms with E-state index in [-0.39, 0.29) is 17.7 Å². The Balaban J connectivity index is 1.85. The van der Waals surface area contributed by atoms with Crippen LogP contribution in [0.5, 0.6) is 0 Å². The van der Waals surface area contributed by atoms with Gasteiger partial charge in [0.25, 0.3) is 0 Å². The smallest absolute Gasteiger partial charge is 0.227 e. The van der Waals surface area contributed by atoms with Gasteiger partial charge in [0.2, 0.25) is 11.8 Å². The molecule has 0 bridgehead atoms. The third-order valence-electron chi connectivity index (χ3n) is 4.04. The summed E-state index contributed by atoms with van der Waals surface area (Å²) in [6.45, 7) is 4.48. The van der Waals surface area contributed by atoms with E-state index in [9.17, 15) is 9.59 Å². The molecule has 6 heteroatoms. The van der Waals surface area contributed by atoms with Crippen LogP contribution in [-0.2, 0) is 14.3 Å². The summed E-state index contributed by atoms with van der Waals surface area (Å²) in [6, 6.07) is 0. The molecule has 2 heterocycles. The number of rotatable bonds is 4. The van der Waals surface area contributed by atoms with Crippen molar-refractivity contribution in [3.05, 3.63) is 0 Å². The molecule has 2 aliphatic rings. The minimum absolute atomic E-state index is 0.0383. The monoisotopic (exact) mass is 283 g/mol. The Labute approximate surface area is 120 Å². The molecule has 1 atom stereocenters. The second-order valence-electron chi connectivity index (χ2n) is 5.51. The van der Waals surface area contributed by atoms with Crippen LogP contribution in [0.4, 0.5) is 0 Å². The summed E-state index contributed by atoms with van der Waals surface area (Å²) in [5.74, 6) is 0.281. The highest BCUT2D eigenvalue weighted by atomic mass is 16.5. The Morgan fingerprint density at radius 2 is 1.90 bits per heavy atom. The molecular formula is C14H25N3O3. The van der Waals surface area contributed by atoms with Gasteiger partial charge in [0.15, 0.2) is 0 Å². The summed E-state index contributed by atoms with van der Waals surface area (Å²) in [5.41, 5.74) is 5.44. The maximum atomic E-state index is 12.4. The van der Waals surface area contributed by atoms with Crippen molar-refractivity contribution in [1.29, 1.82) is 0 Å². The molecule has 2 fully saturated rings. The fraction of sp³-hybridized carbons (Fsp3) is 0.857. The van der Waals surface area contributed by atoms with Crippen molar-refractivity contribution in [1.82, 2.24) is 9.80 Å². The van der Waals surface area contributed by atoms with E-state index in [1.54, 1.807) is 0 Å². The van der Waals surface area contributed by atoms with Crippen molar-refractivity contribution in [3.8, 4) is 0 Å². The average Bonchev–Trinajstić information content (AvgIpc) is 2.52. The number of likely N-dealkylation sites (tertiary alicyclic amines) is 1. The van der Waals surface area contributed by atoms with Gasteiger partial charge >= 0.3 is 0 Å². The van der Waals surface area contributed by atoms with Gasteiger partial charge in [0, 0.05) is 32.6 Å². The van der Waals surface area contributed by atoms with E-state index in [2.05, 4.69) is 0 Å². The Morgan fingerprint density at radius 1 is 1.15 bits per heavy atom. The number of carbonyl (C=O) groups excluding carboxylic acids is 2. The first-order chi connectivity index (χ1) is 9.72. The van der Waals surface area contributed by atoms with Crippen LogP contribution in [0, 0.1) is 5.92 Å². The summed E-state index contributed by atoms with van der Waals surface area (Å²) in [6.07, 6.45) is 3.01. The summed E-state index contributed by atoms with van der Waals surface area (Å²) in [7, 11) is 0. The molecule has 0 spiro atoms. The van der Waals surface area contributed by atoms with Gasteiger partial charge in [-0.2, -0.15) is 0 Å². The minimum atomic E-state index is -0.0383. The van der Waals surface area contributed by atoms with Crippen LogP contribution < -0.4 is 5.73 Å². The van der Waals surface area contributed by atoms with Crippen LogP contribution in [-0.4, -0.2) is 67.6 Å². The second-order valence-corrected chi connectivity index (χ2v) is 5.51. The quantitative estimate of drug-likeness (QED) is 0.777. The molecular weight excluding hydrogens is 258 g/mol. The Morgan fingerprint density at radius 3 is 2.60 bits per heavy atom. The number of morpholine rings is 1. The molecule has 6 nitrogen and oxygen atoms in total. The number of nitrogens with two attached hydrogens (primary N) is 1. The molecule has 20 heavy (non-hydrogen) atoms. The van der Waals surface area contributed by atoms with Crippen molar-refractivity contribution in [2.45, 2.75) is 25.7 Å². The van der Waals surface area contributed by atoms with Crippen LogP contribution in [0.2, 0.25) is 0 Å². The molecule has 1 unspecified atom stereocenters. The van der Waals surface area contributed by atoms with Gasteiger partial charge in [-0.1, -0.05) is 0 Å². The van der Waals surface area contributed by atoms with E-state index in [1.165, 1.54) is 0 Å². The first-order valence-corrected chi connectivity index (χ1v) is 7.56. The van der Waals surface area contributed by atoms with Crippen LogP contribution >= 0.6 is 0 Å². The molecule has 0 saturated carbocycles. The number of hydrogen-bond donors (Lipinski definition) is 1. The zero-order valence-electron chi connectivity index (χ0n) is 12.1. The predicted molar refractivity (Wildman–Crippen MR) is 75.0 cm³/mol. The standard InChI is InChI=1S/C14H25N3O3/c15-5-1-4-13(18)17-6-2-3-12(11-17)14(19)16-7-9-20-10-8-16/h12H,1-11,15H2. The van der Waals surface area contributed by atoms with Gasteiger partial charge in [0.1, 0.15) is 0 Å². The van der Waals surface area contributed by atoms with E-state index in [1.807, 2.05) is 9.80 Å². The normalized spacial score (nSPS) is 23.8. The highest BCUT2D eigenvalue weighted by Crippen LogP contribution is 2.20.